The molecule has 1 saturated carbocycles. The Balaban J connectivity index is 2.13. The standard InChI is InChI=1S/C17H26O2/c1-4-13-8-10-14(11-9-13)17(2,18)15-6-5-7-16(12-15)19-3/h5-7,12-14,18H,4,8-11H2,1-3H3. The second-order valence-corrected chi connectivity index (χ2v) is 6.01. The first-order valence-corrected chi connectivity index (χ1v) is 7.44. The first kappa shape index (κ1) is 14.4. The van der Waals surface area contributed by atoms with Crippen molar-refractivity contribution in [2.24, 2.45) is 11.8 Å². The van der Waals surface area contributed by atoms with Gasteiger partial charge in [-0.25, -0.2) is 0 Å². The summed E-state index contributed by atoms with van der Waals surface area (Å²) in [5.41, 5.74) is 0.236. The summed E-state index contributed by atoms with van der Waals surface area (Å²) in [6, 6.07) is 7.86. The van der Waals surface area contributed by atoms with Crippen molar-refractivity contribution in [2.75, 3.05) is 7.11 Å². The second-order valence-electron chi connectivity index (χ2n) is 6.01. The minimum absolute atomic E-state index is 0.363. The molecule has 0 spiro atoms. The van der Waals surface area contributed by atoms with E-state index < -0.39 is 5.60 Å². The van der Waals surface area contributed by atoms with E-state index in [1.165, 1.54) is 19.3 Å². The highest BCUT2D eigenvalue weighted by atomic mass is 16.5. The average Bonchev–Trinajstić information content (AvgIpc) is 2.47. The zero-order valence-corrected chi connectivity index (χ0v) is 12.4. The fourth-order valence-electron chi connectivity index (χ4n) is 3.31. The Hall–Kier alpha value is -1.02. The van der Waals surface area contributed by atoms with Crippen molar-refractivity contribution >= 4 is 0 Å². The smallest absolute Gasteiger partial charge is 0.119 e. The van der Waals surface area contributed by atoms with Crippen LogP contribution in [-0.4, -0.2) is 12.2 Å². The zero-order chi connectivity index (χ0) is 13.9. The molecule has 1 unspecified atom stereocenters. The van der Waals surface area contributed by atoms with Crippen LogP contribution in [0.15, 0.2) is 24.3 Å². The monoisotopic (exact) mass is 262 g/mol. The maximum Gasteiger partial charge on any atom is 0.119 e. The van der Waals surface area contributed by atoms with Crippen LogP contribution < -0.4 is 4.74 Å². The lowest BCUT2D eigenvalue weighted by Crippen LogP contribution is -2.34. The number of benzene rings is 1. The van der Waals surface area contributed by atoms with Crippen molar-refractivity contribution in [3.63, 3.8) is 0 Å². The van der Waals surface area contributed by atoms with Crippen LogP contribution in [0.3, 0.4) is 0 Å². The summed E-state index contributed by atoms with van der Waals surface area (Å²) in [5, 5.41) is 10.9. The molecule has 1 aliphatic rings. The molecule has 0 radical (unpaired) electrons. The number of ether oxygens (including phenoxy) is 1. The number of methoxy groups -OCH3 is 1. The minimum atomic E-state index is -0.743. The van der Waals surface area contributed by atoms with Gasteiger partial charge in [0, 0.05) is 0 Å². The van der Waals surface area contributed by atoms with Crippen LogP contribution >= 0.6 is 0 Å². The van der Waals surface area contributed by atoms with Crippen molar-refractivity contribution in [3.05, 3.63) is 29.8 Å². The summed E-state index contributed by atoms with van der Waals surface area (Å²) in [4.78, 5) is 0. The van der Waals surface area contributed by atoms with Crippen LogP contribution in [-0.2, 0) is 5.60 Å². The third kappa shape index (κ3) is 3.11. The van der Waals surface area contributed by atoms with Gasteiger partial charge in [-0.05, 0) is 49.3 Å². The van der Waals surface area contributed by atoms with E-state index in [-0.39, 0.29) is 0 Å². The molecule has 0 aliphatic heterocycles. The Morgan fingerprint density at radius 3 is 2.53 bits per heavy atom. The zero-order valence-electron chi connectivity index (χ0n) is 12.4. The summed E-state index contributed by atoms with van der Waals surface area (Å²) in [5.74, 6) is 2.04. The summed E-state index contributed by atoms with van der Waals surface area (Å²) < 4.78 is 5.26. The number of aliphatic hydroxyl groups is 1. The molecule has 2 nitrogen and oxygen atoms in total. The van der Waals surface area contributed by atoms with Crippen molar-refractivity contribution in [3.8, 4) is 5.75 Å². The Kier molecular flexibility index (Phi) is 4.51. The molecule has 1 aliphatic carbocycles. The third-order valence-corrected chi connectivity index (χ3v) is 4.87. The van der Waals surface area contributed by atoms with Gasteiger partial charge >= 0.3 is 0 Å². The van der Waals surface area contributed by atoms with Gasteiger partial charge in [0.2, 0.25) is 0 Å². The van der Waals surface area contributed by atoms with Crippen molar-refractivity contribution in [2.45, 2.75) is 51.6 Å². The molecule has 1 atom stereocenters. The predicted molar refractivity (Wildman–Crippen MR) is 78.3 cm³/mol. The fourth-order valence-corrected chi connectivity index (χ4v) is 3.31. The number of rotatable bonds is 4. The molecule has 19 heavy (non-hydrogen) atoms. The normalized spacial score (nSPS) is 26.7. The lowest BCUT2D eigenvalue weighted by Gasteiger charge is -2.38. The van der Waals surface area contributed by atoms with E-state index in [0.29, 0.717) is 5.92 Å². The first-order chi connectivity index (χ1) is 9.07. The SMILES string of the molecule is CCC1CCC(C(C)(O)c2cccc(OC)c2)CC1. The van der Waals surface area contributed by atoms with Gasteiger partial charge in [-0.15, -0.1) is 0 Å². The first-order valence-electron chi connectivity index (χ1n) is 7.44. The van der Waals surface area contributed by atoms with Crippen molar-refractivity contribution in [1.29, 1.82) is 0 Å². The summed E-state index contributed by atoms with van der Waals surface area (Å²) in [6.07, 6.45) is 6.03. The van der Waals surface area contributed by atoms with Crippen LogP contribution in [0.2, 0.25) is 0 Å². The molecule has 0 aromatic heterocycles. The molecule has 0 heterocycles. The number of hydrogen-bond donors (Lipinski definition) is 1. The van der Waals surface area contributed by atoms with Gasteiger partial charge in [0.05, 0.1) is 12.7 Å². The van der Waals surface area contributed by atoms with E-state index in [2.05, 4.69) is 6.92 Å². The lowest BCUT2D eigenvalue weighted by atomic mass is 9.71. The highest BCUT2D eigenvalue weighted by Gasteiger charge is 2.36. The topological polar surface area (TPSA) is 29.5 Å². The third-order valence-electron chi connectivity index (χ3n) is 4.87. The average molecular weight is 262 g/mol. The molecule has 106 valence electrons. The van der Waals surface area contributed by atoms with Gasteiger partial charge in [-0.1, -0.05) is 38.3 Å². The van der Waals surface area contributed by atoms with Gasteiger partial charge in [0.15, 0.2) is 0 Å². The Bertz CT molecular complexity index is 403. The molecule has 2 heteroatoms. The molecule has 1 aromatic rings. The maximum absolute atomic E-state index is 10.9. The highest BCUT2D eigenvalue weighted by Crippen LogP contribution is 2.42. The quantitative estimate of drug-likeness (QED) is 0.884. The Morgan fingerprint density at radius 1 is 1.26 bits per heavy atom. The molecule has 2 rings (SSSR count). The van der Waals surface area contributed by atoms with Gasteiger partial charge in [0.1, 0.15) is 5.75 Å². The van der Waals surface area contributed by atoms with Crippen LogP contribution in [0.4, 0.5) is 0 Å². The van der Waals surface area contributed by atoms with Gasteiger partial charge in [-0.3, -0.25) is 0 Å². The maximum atomic E-state index is 10.9. The Morgan fingerprint density at radius 2 is 1.95 bits per heavy atom. The van der Waals surface area contributed by atoms with Crippen molar-refractivity contribution in [1.82, 2.24) is 0 Å². The van der Waals surface area contributed by atoms with Gasteiger partial charge in [-0.2, -0.15) is 0 Å². The van der Waals surface area contributed by atoms with Gasteiger partial charge < -0.3 is 9.84 Å². The number of hydrogen-bond acceptors (Lipinski definition) is 2. The largest absolute Gasteiger partial charge is 0.497 e. The van der Waals surface area contributed by atoms with E-state index in [0.717, 1.165) is 30.1 Å². The van der Waals surface area contributed by atoms with E-state index in [1.807, 2.05) is 31.2 Å². The molecule has 0 saturated heterocycles. The van der Waals surface area contributed by atoms with Crippen LogP contribution in [0.1, 0.15) is 51.5 Å². The second kappa shape index (κ2) is 5.96. The summed E-state index contributed by atoms with van der Waals surface area (Å²) in [6.45, 7) is 4.23. The van der Waals surface area contributed by atoms with Crippen LogP contribution in [0, 0.1) is 11.8 Å². The van der Waals surface area contributed by atoms with Gasteiger partial charge in [0.25, 0.3) is 0 Å². The molecule has 0 amide bonds. The van der Waals surface area contributed by atoms with Crippen LogP contribution in [0.25, 0.3) is 0 Å². The predicted octanol–water partition coefficient (Wildman–Crippen LogP) is 4.12. The van der Waals surface area contributed by atoms with E-state index >= 15 is 0 Å². The minimum Gasteiger partial charge on any atom is -0.497 e. The summed E-state index contributed by atoms with van der Waals surface area (Å²) >= 11 is 0. The Labute approximate surface area is 116 Å². The highest BCUT2D eigenvalue weighted by molar-refractivity contribution is 5.32. The molecular formula is C17H26O2. The van der Waals surface area contributed by atoms with E-state index in [1.54, 1.807) is 7.11 Å². The molecular weight excluding hydrogens is 236 g/mol. The van der Waals surface area contributed by atoms with E-state index in [4.69, 9.17) is 4.74 Å². The molecule has 0 bridgehead atoms. The van der Waals surface area contributed by atoms with E-state index in [9.17, 15) is 5.11 Å². The van der Waals surface area contributed by atoms with Crippen LogP contribution in [0.5, 0.6) is 5.75 Å². The molecule has 1 aromatic carbocycles. The molecule has 1 fully saturated rings. The summed E-state index contributed by atoms with van der Waals surface area (Å²) in [7, 11) is 1.67. The fraction of sp³-hybridized carbons (Fsp3) is 0.647. The molecule has 1 N–H and O–H groups in total. The van der Waals surface area contributed by atoms with Crippen molar-refractivity contribution < 1.29 is 9.84 Å². The lowest BCUT2D eigenvalue weighted by molar-refractivity contribution is -0.0277.